The van der Waals surface area contributed by atoms with Gasteiger partial charge in [-0.25, -0.2) is 38.1 Å². The second kappa shape index (κ2) is 19.3. The Morgan fingerprint density at radius 3 is 2.24 bits per heavy atom. The van der Waals surface area contributed by atoms with Gasteiger partial charge in [0.2, 0.25) is 0 Å². The van der Waals surface area contributed by atoms with E-state index < -0.39 is 53.3 Å². The molecule has 0 aromatic carbocycles. The quantitative estimate of drug-likeness (QED) is 0.0619. The average Bonchev–Trinajstić information content (AvgIpc) is 3.79. The lowest BCUT2D eigenvalue weighted by atomic mass is 9.77. The van der Waals surface area contributed by atoms with Crippen LogP contribution in [0.15, 0.2) is 58.0 Å². The predicted molar refractivity (Wildman–Crippen MR) is 257 cm³/mol. The highest BCUT2D eigenvalue weighted by Gasteiger charge is 2.38. The van der Waals surface area contributed by atoms with Crippen LogP contribution in [-0.4, -0.2) is 113 Å². The maximum atomic E-state index is 17.5. The van der Waals surface area contributed by atoms with E-state index in [-0.39, 0.29) is 76.2 Å². The Kier molecular flexibility index (Phi) is 13.5. The number of fused-ring (bicyclic) bond motifs is 2. The Hall–Kier alpha value is -5.38. The van der Waals surface area contributed by atoms with Crippen molar-refractivity contribution in [2.24, 2.45) is 15.9 Å². The number of hydrogen-bond acceptors (Lipinski definition) is 16. The fraction of sp³-hybridized carbons (Fsp3) is 0.522. The van der Waals surface area contributed by atoms with Crippen molar-refractivity contribution in [1.82, 2.24) is 30.6 Å². The molecule has 7 N–H and O–H groups in total. The number of thioether (sulfide) groups is 1. The van der Waals surface area contributed by atoms with Crippen LogP contribution in [0, 0.1) is 11.7 Å². The summed E-state index contributed by atoms with van der Waals surface area (Å²) in [5.41, 5.74) is 1.60. The minimum absolute atomic E-state index is 0.0941. The number of halogens is 3. The van der Waals surface area contributed by atoms with Crippen LogP contribution in [0.3, 0.4) is 0 Å². The molecule has 0 radical (unpaired) electrons. The van der Waals surface area contributed by atoms with Crippen LogP contribution < -0.4 is 31.5 Å². The smallest absolute Gasteiger partial charge is 0.255 e. The van der Waals surface area contributed by atoms with Gasteiger partial charge in [0.05, 0.1) is 58.4 Å². The largest absolute Gasteiger partial charge is 0.393 e. The number of aliphatic hydroxyl groups excluding tert-OH is 1. The predicted octanol–water partition coefficient (Wildman–Crippen LogP) is 7.41. The fourth-order valence-corrected chi connectivity index (χ4v) is 10.4. The van der Waals surface area contributed by atoms with Crippen molar-refractivity contribution in [2.75, 3.05) is 33.9 Å². The van der Waals surface area contributed by atoms with Crippen molar-refractivity contribution in [1.29, 1.82) is 0 Å². The molecule has 0 spiro atoms. The van der Waals surface area contributed by atoms with Crippen LogP contribution in [0.4, 0.5) is 42.0 Å². The van der Waals surface area contributed by atoms with E-state index in [0.717, 1.165) is 25.7 Å². The molecule has 5 aliphatic rings. The van der Waals surface area contributed by atoms with Crippen molar-refractivity contribution in [3.05, 3.63) is 65.0 Å². The molecule has 4 aromatic heterocycles. The molecule has 0 saturated heterocycles. The molecule has 3 atom stereocenters. The molecule has 3 fully saturated rings. The van der Waals surface area contributed by atoms with Crippen molar-refractivity contribution >= 4 is 85.5 Å². The third kappa shape index (κ3) is 11.2. The average molecular weight is 961 g/mol. The van der Waals surface area contributed by atoms with Crippen molar-refractivity contribution in [3.63, 3.8) is 0 Å². The molecular formula is C46H55F3N12O4S2. The van der Waals surface area contributed by atoms with E-state index in [0.29, 0.717) is 54.6 Å². The highest BCUT2D eigenvalue weighted by Crippen LogP contribution is 2.36. The van der Waals surface area contributed by atoms with Gasteiger partial charge in [0.25, 0.3) is 11.8 Å². The van der Waals surface area contributed by atoms with Crippen LogP contribution in [0.5, 0.6) is 0 Å². The zero-order valence-corrected chi connectivity index (χ0v) is 39.1. The second-order valence-electron chi connectivity index (χ2n) is 19.0. The first-order valence-corrected chi connectivity index (χ1v) is 24.7. The van der Waals surface area contributed by atoms with E-state index in [2.05, 4.69) is 51.5 Å². The number of nitrogens with zero attached hydrogens (tertiary/aromatic N) is 7. The lowest BCUT2D eigenvalue weighted by molar-refractivity contribution is -0.00258. The highest BCUT2D eigenvalue weighted by molar-refractivity contribution is 8.12. The van der Waals surface area contributed by atoms with Gasteiger partial charge in [0.15, 0.2) is 23.3 Å². The summed E-state index contributed by atoms with van der Waals surface area (Å²) in [5.74, 6) is -2.05. The molecule has 6 heterocycles. The fourth-order valence-electron chi connectivity index (χ4n) is 8.95. The molecule has 4 aromatic rings. The Balaban J connectivity index is 0.993. The standard InChI is InChI=1S/C46H55F3N12O4S2/c1-45(2,65)24-4-6-26(7-5-24)56-41(63)29-18-50-37(58-39-31(47)14-35-43(59-39)66-22-53-35)16-33(29)52-20-46(3,49)21-61(40-32(48)15-36-44(60-40)67-23-54-36)38-17-34(55-25-8-9-25)30(19-51-38)42(64)57-27-10-12-28(62)13-11-27/h14-19,22-28,36,44,62,65H,4-13,20-21H2,1-3H3,(H,51,55)(H,56,63)(H,57,64)(H2,50,52,58,59). The summed E-state index contributed by atoms with van der Waals surface area (Å²) in [4.78, 5) is 56.2. The molecule has 356 valence electrons. The van der Waals surface area contributed by atoms with Crippen LogP contribution in [-0.2, 0) is 0 Å². The van der Waals surface area contributed by atoms with Gasteiger partial charge in [0.1, 0.15) is 39.1 Å². The van der Waals surface area contributed by atoms with Gasteiger partial charge < -0.3 is 41.7 Å². The molecular weight excluding hydrogens is 906 g/mol. The second-order valence-corrected chi connectivity index (χ2v) is 20.8. The molecule has 16 nitrogen and oxygen atoms in total. The van der Waals surface area contributed by atoms with Crippen LogP contribution in [0.1, 0.15) is 106 Å². The molecule has 21 heteroatoms. The van der Waals surface area contributed by atoms with Crippen LogP contribution in [0.2, 0.25) is 0 Å². The number of anilines is 5. The zero-order chi connectivity index (χ0) is 47.0. The molecule has 2 aliphatic heterocycles. The number of nitrogens with one attached hydrogen (secondary N) is 5. The number of aliphatic hydroxyl groups is 2. The Morgan fingerprint density at radius 1 is 0.866 bits per heavy atom. The molecule has 67 heavy (non-hydrogen) atoms. The maximum Gasteiger partial charge on any atom is 0.255 e. The minimum atomic E-state index is -2.18. The van der Waals surface area contributed by atoms with E-state index >= 15 is 13.2 Å². The number of alkyl halides is 1. The lowest BCUT2D eigenvalue weighted by Crippen LogP contribution is -2.47. The molecule has 2 amide bonds. The van der Waals surface area contributed by atoms with E-state index in [1.807, 2.05) is 0 Å². The number of amidine groups is 1. The number of carbonyl (C=O) groups is 2. The number of aromatic nitrogens is 4. The molecule has 9 rings (SSSR count). The summed E-state index contributed by atoms with van der Waals surface area (Å²) in [5, 5.41) is 35.7. The Bertz CT molecular complexity index is 2590. The number of hydrogen-bond donors (Lipinski definition) is 7. The number of pyridine rings is 3. The number of dihydropyridines is 1. The third-order valence-corrected chi connectivity index (χ3v) is 14.7. The van der Waals surface area contributed by atoms with Crippen LogP contribution >= 0.6 is 23.1 Å². The summed E-state index contributed by atoms with van der Waals surface area (Å²) in [7, 11) is 0. The van der Waals surface area contributed by atoms with Gasteiger partial charge in [-0.3, -0.25) is 14.6 Å². The number of amides is 2. The van der Waals surface area contributed by atoms with E-state index in [4.69, 9.17) is 4.99 Å². The summed E-state index contributed by atoms with van der Waals surface area (Å²) < 4.78 is 48.9. The van der Waals surface area contributed by atoms with Gasteiger partial charge in [0, 0.05) is 48.7 Å². The number of thiazole rings is 1. The third-order valence-electron chi connectivity index (χ3n) is 13.0. The van der Waals surface area contributed by atoms with Crippen LogP contribution in [0.25, 0.3) is 10.3 Å². The van der Waals surface area contributed by atoms with Gasteiger partial charge in [-0.1, -0.05) is 11.8 Å². The van der Waals surface area contributed by atoms with E-state index in [1.54, 1.807) is 31.0 Å². The Labute approximate surface area is 394 Å². The normalized spacial score (nSPS) is 24.8. The number of carbonyl (C=O) groups excluding carboxylic acids is 2. The van der Waals surface area contributed by atoms with Crippen molar-refractivity contribution in [3.8, 4) is 0 Å². The first-order valence-electron chi connectivity index (χ1n) is 22.8. The highest BCUT2D eigenvalue weighted by atomic mass is 32.2. The summed E-state index contributed by atoms with van der Waals surface area (Å²) in [6.07, 6.45) is 10.7. The Morgan fingerprint density at radius 2 is 1.54 bits per heavy atom. The van der Waals surface area contributed by atoms with Crippen molar-refractivity contribution in [2.45, 2.75) is 132 Å². The summed E-state index contributed by atoms with van der Waals surface area (Å²) >= 11 is 2.56. The number of aliphatic imine (C=N–C) groups is 2. The van der Waals surface area contributed by atoms with Gasteiger partial charge in [-0.2, -0.15) is 0 Å². The topological polar surface area (TPSA) is 214 Å². The van der Waals surface area contributed by atoms with Gasteiger partial charge in [-0.05, 0) is 97.0 Å². The SMILES string of the molecule is CC(F)(CNc1cc(Nc2nc3scnc3cc2F)ncc1C(=O)NC1CCC(C(C)(C)O)CC1)CN(C1=NC2SC=NC2C=C1F)c1cc(NC2CC2)c(C(=O)NC2CCC(O)CC2)cn1. The van der Waals surface area contributed by atoms with Gasteiger partial charge in [-0.15, -0.1) is 11.3 Å². The zero-order valence-electron chi connectivity index (χ0n) is 37.4. The van der Waals surface area contributed by atoms with E-state index in [1.165, 1.54) is 65.5 Å². The van der Waals surface area contributed by atoms with E-state index in [9.17, 15) is 19.8 Å². The maximum absolute atomic E-state index is 17.5. The van der Waals surface area contributed by atoms with Gasteiger partial charge >= 0.3 is 0 Å². The first-order chi connectivity index (χ1) is 32.0. The monoisotopic (exact) mass is 960 g/mol. The molecule has 3 unspecified atom stereocenters. The first kappa shape index (κ1) is 46.7. The number of rotatable bonds is 15. The molecule has 0 bridgehead atoms. The summed E-state index contributed by atoms with van der Waals surface area (Å²) in [6.45, 7) is 4.05. The lowest BCUT2D eigenvalue weighted by Gasteiger charge is -2.36. The van der Waals surface area contributed by atoms with Crippen molar-refractivity contribution < 1.29 is 33.0 Å². The minimum Gasteiger partial charge on any atom is -0.393 e. The molecule has 3 saturated carbocycles. The molecule has 3 aliphatic carbocycles. The summed E-state index contributed by atoms with van der Waals surface area (Å²) in [6, 6.07) is 3.67.